The van der Waals surface area contributed by atoms with Crippen LogP contribution in [0.15, 0.2) is 0 Å². The van der Waals surface area contributed by atoms with Crippen LogP contribution in [0.5, 0.6) is 0 Å². The third kappa shape index (κ3) is 8.10. The lowest BCUT2D eigenvalue weighted by atomic mass is 9.99. The number of rotatable bonds is 12. The molecule has 32 heavy (non-hydrogen) atoms. The summed E-state index contributed by atoms with van der Waals surface area (Å²) in [6.07, 6.45) is 1.25. The van der Waals surface area contributed by atoms with E-state index in [1.807, 2.05) is 13.8 Å². The molecule has 11 heteroatoms. The lowest BCUT2D eigenvalue weighted by molar-refractivity contribution is -0.150. The lowest BCUT2D eigenvalue weighted by Crippen LogP contribution is -2.58. The zero-order chi connectivity index (χ0) is 24.6. The molecule has 1 aliphatic rings. The van der Waals surface area contributed by atoms with Gasteiger partial charge in [0.15, 0.2) is 0 Å². The standard InChI is InChI=1S/C21H37N5O6/c1-11(2)10-14(24-18(28)13(22)7-8-16(23)27)19(29)25-17(12(3)4)20(30)26-9-5-6-15(26)21(31)32/h11-15,17H,5-10,22H2,1-4H3,(H2,23,27)(H,24,28)(H,25,29)(H,31,32)/t13-,14-,15-,17-/m0/s1. The van der Waals surface area contributed by atoms with E-state index in [1.165, 1.54) is 4.90 Å². The first-order valence-corrected chi connectivity index (χ1v) is 11.0. The Bertz CT molecular complexity index is 711. The summed E-state index contributed by atoms with van der Waals surface area (Å²) in [6.45, 7) is 7.59. The van der Waals surface area contributed by atoms with Gasteiger partial charge in [0.25, 0.3) is 0 Å². The van der Waals surface area contributed by atoms with Gasteiger partial charge in [-0.1, -0.05) is 27.7 Å². The molecule has 1 heterocycles. The second kappa shape index (κ2) is 12.4. The zero-order valence-corrected chi connectivity index (χ0v) is 19.3. The Morgan fingerprint density at radius 1 is 1.06 bits per heavy atom. The molecule has 4 amide bonds. The van der Waals surface area contributed by atoms with Crippen molar-refractivity contribution in [2.24, 2.45) is 23.3 Å². The fourth-order valence-corrected chi connectivity index (χ4v) is 3.64. The minimum Gasteiger partial charge on any atom is -0.480 e. The van der Waals surface area contributed by atoms with Crippen LogP contribution < -0.4 is 22.1 Å². The van der Waals surface area contributed by atoms with Gasteiger partial charge in [-0.3, -0.25) is 19.2 Å². The van der Waals surface area contributed by atoms with Crippen LogP contribution in [-0.4, -0.2) is 70.3 Å². The van der Waals surface area contributed by atoms with Crippen molar-refractivity contribution >= 4 is 29.6 Å². The molecule has 1 fully saturated rings. The molecule has 1 saturated heterocycles. The van der Waals surface area contributed by atoms with Gasteiger partial charge in [-0.25, -0.2) is 4.79 Å². The highest BCUT2D eigenvalue weighted by Gasteiger charge is 2.39. The number of carbonyl (C=O) groups excluding carboxylic acids is 4. The topological polar surface area (TPSA) is 185 Å². The normalized spacial score (nSPS) is 18.8. The molecule has 11 nitrogen and oxygen atoms in total. The van der Waals surface area contributed by atoms with E-state index in [0.29, 0.717) is 25.8 Å². The quantitative estimate of drug-likeness (QED) is 0.258. The predicted molar refractivity (Wildman–Crippen MR) is 117 cm³/mol. The van der Waals surface area contributed by atoms with Crippen molar-refractivity contribution in [2.75, 3.05) is 6.54 Å². The van der Waals surface area contributed by atoms with E-state index < -0.39 is 53.8 Å². The van der Waals surface area contributed by atoms with E-state index in [4.69, 9.17) is 11.5 Å². The maximum Gasteiger partial charge on any atom is 0.326 e. The molecule has 7 N–H and O–H groups in total. The van der Waals surface area contributed by atoms with Crippen LogP contribution in [0.4, 0.5) is 0 Å². The number of aliphatic carboxylic acids is 1. The maximum atomic E-state index is 13.1. The Labute approximate surface area is 188 Å². The molecule has 0 aliphatic carbocycles. The number of carboxylic acid groups (broad SMARTS) is 1. The number of hydrogen-bond donors (Lipinski definition) is 5. The summed E-state index contributed by atoms with van der Waals surface area (Å²) in [5.41, 5.74) is 10.9. The van der Waals surface area contributed by atoms with Crippen molar-refractivity contribution in [1.29, 1.82) is 0 Å². The molecule has 0 unspecified atom stereocenters. The van der Waals surface area contributed by atoms with Crippen molar-refractivity contribution in [3.8, 4) is 0 Å². The fourth-order valence-electron chi connectivity index (χ4n) is 3.64. The molecule has 1 rings (SSSR count). The fraction of sp³-hybridized carbons (Fsp3) is 0.762. The molecule has 0 bridgehead atoms. The van der Waals surface area contributed by atoms with Gasteiger partial charge in [0.05, 0.1) is 6.04 Å². The van der Waals surface area contributed by atoms with Gasteiger partial charge >= 0.3 is 5.97 Å². The van der Waals surface area contributed by atoms with Gasteiger partial charge in [-0.15, -0.1) is 0 Å². The Morgan fingerprint density at radius 2 is 1.69 bits per heavy atom. The van der Waals surface area contributed by atoms with E-state index in [0.717, 1.165) is 0 Å². The summed E-state index contributed by atoms with van der Waals surface area (Å²) in [6, 6.07) is -3.79. The molecule has 0 radical (unpaired) electrons. The molecule has 0 aromatic rings. The Morgan fingerprint density at radius 3 is 2.19 bits per heavy atom. The minimum absolute atomic E-state index is 0.0514. The first kappa shape index (κ1) is 27.3. The van der Waals surface area contributed by atoms with Gasteiger partial charge in [0.2, 0.25) is 23.6 Å². The number of nitrogens with one attached hydrogen (secondary N) is 2. The van der Waals surface area contributed by atoms with Gasteiger partial charge in [0, 0.05) is 13.0 Å². The van der Waals surface area contributed by atoms with Gasteiger partial charge < -0.3 is 32.1 Å². The number of primary amides is 1. The summed E-state index contributed by atoms with van der Waals surface area (Å²) in [7, 11) is 0. The summed E-state index contributed by atoms with van der Waals surface area (Å²) in [5, 5.41) is 14.7. The van der Waals surface area contributed by atoms with Crippen molar-refractivity contribution in [3.05, 3.63) is 0 Å². The highest BCUT2D eigenvalue weighted by atomic mass is 16.4. The highest BCUT2D eigenvalue weighted by molar-refractivity contribution is 5.94. The van der Waals surface area contributed by atoms with Crippen LogP contribution in [0.3, 0.4) is 0 Å². The monoisotopic (exact) mass is 455 g/mol. The van der Waals surface area contributed by atoms with Crippen molar-refractivity contribution in [3.63, 3.8) is 0 Å². The van der Waals surface area contributed by atoms with E-state index in [9.17, 15) is 29.1 Å². The summed E-state index contributed by atoms with van der Waals surface area (Å²) >= 11 is 0. The highest BCUT2D eigenvalue weighted by Crippen LogP contribution is 2.20. The Kier molecular flexibility index (Phi) is 10.6. The maximum absolute atomic E-state index is 13.1. The Balaban J connectivity index is 2.93. The van der Waals surface area contributed by atoms with E-state index in [-0.39, 0.29) is 24.7 Å². The molecule has 1 aliphatic heterocycles. The molecule has 0 spiro atoms. The van der Waals surface area contributed by atoms with Crippen molar-refractivity contribution in [2.45, 2.75) is 84.0 Å². The SMILES string of the molecule is CC(C)C[C@H](NC(=O)[C@@H](N)CCC(N)=O)C(=O)N[C@H](C(=O)N1CCC[C@H]1C(=O)O)C(C)C. The van der Waals surface area contributed by atoms with E-state index in [1.54, 1.807) is 13.8 Å². The van der Waals surface area contributed by atoms with Crippen LogP contribution >= 0.6 is 0 Å². The predicted octanol–water partition coefficient (Wildman–Crippen LogP) is -0.673. The third-order valence-corrected chi connectivity index (χ3v) is 5.43. The number of likely N-dealkylation sites (tertiary alicyclic amines) is 1. The largest absolute Gasteiger partial charge is 0.480 e. The smallest absolute Gasteiger partial charge is 0.326 e. The van der Waals surface area contributed by atoms with Crippen LogP contribution in [0.1, 0.15) is 59.8 Å². The Hall–Kier alpha value is -2.69. The zero-order valence-electron chi connectivity index (χ0n) is 19.3. The van der Waals surface area contributed by atoms with Crippen LogP contribution in [0, 0.1) is 11.8 Å². The van der Waals surface area contributed by atoms with Crippen LogP contribution in [-0.2, 0) is 24.0 Å². The summed E-state index contributed by atoms with van der Waals surface area (Å²) in [5.74, 6) is -3.49. The van der Waals surface area contributed by atoms with Gasteiger partial charge in [-0.2, -0.15) is 0 Å². The number of amides is 4. The molecule has 0 saturated carbocycles. The van der Waals surface area contributed by atoms with Gasteiger partial charge in [0.1, 0.15) is 18.1 Å². The first-order valence-electron chi connectivity index (χ1n) is 11.0. The average molecular weight is 456 g/mol. The molecular weight excluding hydrogens is 418 g/mol. The number of nitrogens with zero attached hydrogens (tertiary/aromatic N) is 1. The van der Waals surface area contributed by atoms with Crippen molar-refractivity contribution in [1.82, 2.24) is 15.5 Å². The number of nitrogens with two attached hydrogens (primary N) is 2. The molecule has 4 atom stereocenters. The molecule has 182 valence electrons. The van der Waals surface area contributed by atoms with Crippen LogP contribution in [0.2, 0.25) is 0 Å². The molecular formula is C21H37N5O6. The second-order valence-electron chi connectivity index (χ2n) is 9.06. The molecule has 0 aromatic heterocycles. The number of hydrogen-bond acceptors (Lipinski definition) is 6. The third-order valence-electron chi connectivity index (χ3n) is 5.43. The second-order valence-corrected chi connectivity index (χ2v) is 9.06. The molecule has 0 aromatic carbocycles. The average Bonchev–Trinajstić information content (AvgIpc) is 3.18. The number of carboxylic acids is 1. The van der Waals surface area contributed by atoms with E-state index in [2.05, 4.69) is 10.6 Å². The van der Waals surface area contributed by atoms with Crippen LogP contribution in [0.25, 0.3) is 0 Å². The minimum atomic E-state index is -1.07. The summed E-state index contributed by atoms with van der Waals surface area (Å²) < 4.78 is 0. The van der Waals surface area contributed by atoms with Gasteiger partial charge in [-0.05, 0) is 37.5 Å². The summed E-state index contributed by atoms with van der Waals surface area (Å²) in [4.78, 5) is 62.2. The first-order chi connectivity index (χ1) is 14.8. The lowest BCUT2D eigenvalue weighted by Gasteiger charge is -2.31. The number of carbonyl (C=O) groups is 5. The van der Waals surface area contributed by atoms with Crippen molar-refractivity contribution < 1.29 is 29.1 Å². The van der Waals surface area contributed by atoms with E-state index >= 15 is 0 Å².